The van der Waals surface area contributed by atoms with Gasteiger partial charge in [0.2, 0.25) is 8.32 Å². The lowest BCUT2D eigenvalue weighted by Gasteiger charge is -2.49. The van der Waals surface area contributed by atoms with Crippen molar-refractivity contribution in [2.75, 3.05) is 0 Å². The summed E-state index contributed by atoms with van der Waals surface area (Å²) in [5.41, 5.74) is 2.90. The lowest BCUT2D eigenvalue weighted by Crippen LogP contribution is -2.44. The Morgan fingerprint density at radius 2 is 2.07 bits per heavy atom. The van der Waals surface area contributed by atoms with Crippen LogP contribution in [0, 0.1) is 29.1 Å². The molecule has 3 heteroatoms. The lowest BCUT2D eigenvalue weighted by molar-refractivity contribution is -0.129. The topological polar surface area (TPSA) is 26.3 Å². The van der Waals surface area contributed by atoms with Gasteiger partial charge in [-0.3, -0.25) is 4.79 Å². The first-order valence-electron chi connectivity index (χ1n) is 11.6. The molecule has 3 aliphatic rings. The zero-order chi connectivity index (χ0) is 21.0. The Morgan fingerprint density at radius 3 is 2.76 bits per heavy atom. The van der Waals surface area contributed by atoms with E-state index in [1.54, 1.807) is 0 Å². The Hall–Kier alpha value is -1.35. The Bertz CT molecular complexity index is 811. The van der Waals surface area contributed by atoms with Gasteiger partial charge in [0.25, 0.3) is 0 Å². The van der Waals surface area contributed by atoms with E-state index >= 15 is 0 Å². The monoisotopic (exact) mass is 410 g/mol. The molecule has 1 unspecified atom stereocenters. The van der Waals surface area contributed by atoms with Gasteiger partial charge in [-0.25, -0.2) is 0 Å². The number of aryl methyl sites for hydroxylation is 1. The predicted molar refractivity (Wildman–Crippen MR) is 123 cm³/mol. The number of hydrogen-bond donors (Lipinski definition) is 0. The van der Waals surface area contributed by atoms with Gasteiger partial charge in [0.15, 0.2) is 0 Å². The fourth-order valence-electron chi connectivity index (χ4n) is 7.14. The SMILES string of the molecule is C=CC1CC(=O)[C@@]2(C)CC[C@@H]3c4ccc(O[Si](C)(C)CC(C)C)cc4CC[C@H]3[C@H]12. The predicted octanol–water partition coefficient (Wildman–Crippen LogP) is 6.76. The summed E-state index contributed by atoms with van der Waals surface area (Å²) in [6.45, 7) is 15.6. The van der Waals surface area contributed by atoms with Crippen LogP contribution in [0.25, 0.3) is 0 Å². The van der Waals surface area contributed by atoms with Gasteiger partial charge in [-0.05, 0) is 97.7 Å². The quantitative estimate of drug-likeness (QED) is 0.396. The number of carbonyl (C=O) groups is 1. The first kappa shape index (κ1) is 20.9. The molecule has 0 amide bonds. The largest absolute Gasteiger partial charge is 0.544 e. The number of benzene rings is 1. The zero-order valence-electron chi connectivity index (χ0n) is 19.0. The summed E-state index contributed by atoms with van der Waals surface area (Å²) in [4.78, 5) is 12.8. The highest BCUT2D eigenvalue weighted by molar-refractivity contribution is 6.71. The van der Waals surface area contributed by atoms with E-state index in [4.69, 9.17) is 4.43 Å². The van der Waals surface area contributed by atoms with Crippen LogP contribution < -0.4 is 4.43 Å². The second-order valence-electron chi connectivity index (χ2n) is 11.1. The summed E-state index contributed by atoms with van der Waals surface area (Å²) in [5, 5.41) is 0. The average molecular weight is 411 g/mol. The van der Waals surface area contributed by atoms with E-state index in [9.17, 15) is 4.79 Å². The average Bonchev–Trinajstić information content (AvgIpc) is 2.90. The molecule has 2 nitrogen and oxygen atoms in total. The Kier molecular flexibility index (Phi) is 5.34. The Morgan fingerprint density at radius 1 is 1.31 bits per heavy atom. The number of rotatable bonds is 5. The molecule has 0 N–H and O–H groups in total. The standard InChI is InChI=1S/C26H38O2Si/c1-7-18-15-24(27)26(4)13-12-22-21-11-9-20(28-29(5,6)16-17(2)3)14-19(21)8-10-23(22)25(18)26/h7,9,11,14,17-18,22-23,25H,1,8,10,12-13,15-16H2,2-6H3/t18?,22-,23-,25+,26-/m1/s1. The maximum atomic E-state index is 12.8. The minimum absolute atomic E-state index is 0.118. The number of Topliss-reactive ketones (excluding diaryl/α,β-unsaturated/α-hetero) is 1. The van der Waals surface area contributed by atoms with Crippen molar-refractivity contribution in [3.05, 3.63) is 42.0 Å². The molecular formula is C26H38O2Si. The van der Waals surface area contributed by atoms with Gasteiger partial charge in [-0.1, -0.05) is 32.9 Å². The van der Waals surface area contributed by atoms with E-state index in [1.807, 2.05) is 0 Å². The van der Waals surface area contributed by atoms with E-state index in [1.165, 1.54) is 23.6 Å². The van der Waals surface area contributed by atoms with Gasteiger partial charge in [0.05, 0.1) is 0 Å². The van der Waals surface area contributed by atoms with E-state index < -0.39 is 8.32 Å². The van der Waals surface area contributed by atoms with Crippen LogP contribution in [-0.2, 0) is 11.2 Å². The Labute approximate surface area is 178 Å². The number of fused-ring (bicyclic) bond motifs is 5. The number of allylic oxidation sites excluding steroid dienone is 1. The van der Waals surface area contributed by atoms with Gasteiger partial charge in [-0.15, -0.1) is 6.58 Å². The van der Waals surface area contributed by atoms with Crippen LogP contribution in [0.4, 0.5) is 0 Å². The van der Waals surface area contributed by atoms with Crippen LogP contribution in [-0.4, -0.2) is 14.1 Å². The highest BCUT2D eigenvalue weighted by Crippen LogP contribution is 2.61. The van der Waals surface area contributed by atoms with Gasteiger partial charge >= 0.3 is 0 Å². The van der Waals surface area contributed by atoms with Crippen molar-refractivity contribution in [3.8, 4) is 5.75 Å². The molecule has 2 saturated carbocycles. The second kappa shape index (κ2) is 7.41. The van der Waals surface area contributed by atoms with Crippen molar-refractivity contribution in [3.63, 3.8) is 0 Å². The van der Waals surface area contributed by atoms with Gasteiger partial charge in [-0.2, -0.15) is 0 Å². The lowest BCUT2D eigenvalue weighted by atomic mass is 9.54. The molecule has 29 heavy (non-hydrogen) atoms. The molecule has 4 rings (SSSR count). The minimum atomic E-state index is -1.68. The molecule has 1 aromatic carbocycles. The highest BCUT2D eigenvalue weighted by Gasteiger charge is 2.57. The molecule has 0 heterocycles. The van der Waals surface area contributed by atoms with Crippen LogP contribution in [0.5, 0.6) is 5.75 Å². The molecule has 0 aliphatic heterocycles. The van der Waals surface area contributed by atoms with Crippen LogP contribution in [0.15, 0.2) is 30.9 Å². The van der Waals surface area contributed by atoms with Gasteiger partial charge < -0.3 is 4.43 Å². The summed E-state index contributed by atoms with van der Waals surface area (Å²) in [5.74, 6) is 4.30. The van der Waals surface area contributed by atoms with E-state index in [2.05, 4.69) is 64.7 Å². The third-order valence-corrected chi connectivity index (χ3v) is 10.7. The fourth-order valence-corrected chi connectivity index (χ4v) is 9.95. The molecule has 2 fully saturated rings. The normalized spacial score (nSPS) is 33.8. The smallest absolute Gasteiger partial charge is 0.245 e. The zero-order valence-corrected chi connectivity index (χ0v) is 20.0. The van der Waals surface area contributed by atoms with Gasteiger partial charge in [0, 0.05) is 11.8 Å². The third-order valence-electron chi connectivity index (χ3n) is 8.07. The van der Waals surface area contributed by atoms with Crippen LogP contribution in [0.2, 0.25) is 19.1 Å². The van der Waals surface area contributed by atoms with Crippen LogP contribution >= 0.6 is 0 Å². The molecule has 0 saturated heterocycles. The molecule has 158 valence electrons. The van der Waals surface area contributed by atoms with Crippen molar-refractivity contribution >= 4 is 14.1 Å². The highest BCUT2D eigenvalue weighted by atomic mass is 28.4. The molecular weight excluding hydrogens is 372 g/mol. The maximum Gasteiger partial charge on any atom is 0.245 e. The van der Waals surface area contributed by atoms with Crippen LogP contribution in [0.1, 0.15) is 63.5 Å². The minimum Gasteiger partial charge on any atom is -0.544 e. The van der Waals surface area contributed by atoms with Crippen molar-refractivity contribution in [2.24, 2.45) is 29.1 Å². The molecule has 0 radical (unpaired) electrons. The van der Waals surface area contributed by atoms with Crippen molar-refractivity contribution in [1.82, 2.24) is 0 Å². The van der Waals surface area contributed by atoms with Crippen molar-refractivity contribution in [1.29, 1.82) is 0 Å². The molecule has 5 atom stereocenters. The van der Waals surface area contributed by atoms with Crippen molar-refractivity contribution in [2.45, 2.75) is 77.9 Å². The van der Waals surface area contributed by atoms with E-state index in [0.717, 1.165) is 25.0 Å². The van der Waals surface area contributed by atoms with Gasteiger partial charge in [0.1, 0.15) is 11.5 Å². The van der Waals surface area contributed by atoms with Crippen LogP contribution in [0.3, 0.4) is 0 Å². The number of ketones is 1. The first-order chi connectivity index (χ1) is 13.6. The molecule has 0 bridgehead atoms. The van der Waals surface area contributed by atoms with E-state index in [-0.39, 0.29) is 5.41 Å². The number of carbonyl (C=O) groups excluding carboxylic acids is 1. The van der Waals surface area contributed by atoms with E-state index in [0.29, 0.717) is 41.8 Å². The maximum absolute atomic E-state index is 12.8. The molecule has 3 aliphatic carbocycles. The summed E-state index contributed by atoms with van der Waals surface area (Å²) in [6, 6.07) is 8.09. The Balaban J connectivity index is 1.59. The molecule has 0 aromatic heterocycles. The molecule has 0 spiro atoms. The summed E-state index contributed by atoms with van der Waals surface area (Å²) >= 11 is 0. The van der Waals surface area contributed by atoms with Crippen molar-refractivity contribution < 1.29 is 9.22 Å². The molecule has 1 aromatic rings. The summed E-state index contributed by atoms with van der Waals surface area (Å²) in [6.07, 6.45) is 7.28. The third kappa shape index (κ3) is 3.64. The second-order valence-corrected chi connectivity index (χ2v) is 15.3. The summed E-state index contributed by atoms with van der Waals surface area (Å²) in [7, 11) is -1.68. The fraction of sp³-hybridized carbons (Fsp3) is 0.654. The summed E-state index contributed by atoms with van der Waals surface area (Å²) < 4.78 is 6.53. The first-order valence-corrected chi connectivity index (χ1v) is 14.7. The number of hydrogen-bond acceptors (Lipinski definition) is 2.